The zero-order valence-electron chi connectivity index (χ0n) is 21.0. The Morgan fingerprint density at radius 3 is 2.32 bits per heavy atom. The van der Waals surface area contributed by atoms with Gasteiger partial charge in [-0.05, 0) is 49.1 Å². The molecule has 2 amide bonds. The molecule has 34 heavy (non-hydrogen) atoms. The monoisotopic (exact) mass is 533 g/mol. The Balaban J connectivity index is 2.11. The van der Waals surface area contributed by atoms with Crippen molar-refractivity contribution in [2.45, 2.75) is 65.5 Å². The summed E-state index contributed by atoms with van der Waals surface area (Å²) in [5.74, 6) is 0.0625. The Bertz CT molecular complexity index is 866. The second-order valence-electron chi connectivity index (χ2n) is 8.69. The highest BCUT2D eigenvalue weighted by atomic mass is 79.9. The van der Waals surface area contributed by atoms with Gasteiger partial charge in [0.15, 0.2) is 0 Å². The van der Waals surface area contributed by atoms with E-state index in [4.69, 9.17) is 4.74 Å². The van der Waals surface area contributed by atoms with Gasteiger partial charge in [0.1, 0.15) is 0 Å². The number of benzene rings is 1. The lowest BCUT2D eigenvalue weighted by molar-refractivity contribution is -0.141. The van der Waals surface area contributed by atoms with Crippen LogP contribution in [0.25, 0.3) is 0 Å². The van der Waals surface area contributed by atoms with Crippen LogP contribution in [0.5, 0.6) is 0 Å². The van der Waals surface area contributed by atoms with Crippen LogP contribution >= 0.6 is 15.9 Å². The van der Waals surface area contributed by atoms with Gasteiger partial charge >= 0.3 is 0 Å². The Hall–Kier alpha value is -2.12. The van der Waals surface area contributed by atoms with E-state index in [9.17, 15) is 9.59 Å². The van der Waals surface area contributed by atoms with Crippen molar-refractivity contribution in [3.05, 3.63) is 58.3 Å². The van der Waals surface area contributed by atoms with E-state index in [0.717, 1.165) is 48.8 Å². The number of ether oxygens (including phenoxy) is 1. The second kappa shape index (κ2) is 15.7. The maximum atomic E-state index is 13.4. The topological polar surface area (TPSA) is 54.8 Å². The fourth-order valence-electron chi connectivity index (χ4n) is 3.81. The molecular weight excluding hydrogens is 494 g/mol. The van der Waals surface area contributed by atoms with Crippen molar-refractivity contribution in [3.8, 4) is 0 Å². The third-order valence-corrected chi connectivity index (χ3v) is 6.41. The van der Waals surface area contributed by atoms with E-state index in [-0.39, 0.29) is 18.4 Å². The molecule has 0 atom stereocenters. The lowest BCUT2D eigenvalue weighted by Gasteiger charge is -2.28. The molecule has 0 aliphatic carbocycles. The molecule has 1 aromatic carbocycles. The number of hydrogen-bond acceptors (Lipinski definition) is 3. The standard InChI is InChI=1S/C27H40BrN3O3/c1-4-6-11-26(32)31(18-9-19-34-3)22-27(33)30(16-7-5-2)21-25-10-8-17-29(25)20-23-12-14-24(28)15-13-23/h8,10,12-15,17H,4-7,9,11,16,18-22H2,1-3H3. The molecule has 2 aromatic rings. The Labute approximate surface area is 213 Å². The van der Waals surface area contributed by atoms with Gasteiger partial charge < -0.3 is 19.1 Å². The van der Waals surface area contributed by atoms with Gasteiger partial charge in [0.25, 0.3) is 0 Å². The van der Waals surface area contributed by atoms with Crippen LogP contribution < -0.4 is 0 Å². The minimum Gasteiger partial charge on any atom is -0.385 e. The molecule has 0 aliphatic rings. The minimum atomic E-state index is 0.00658. The van der Waals surface area contributed by atoms with Gasteiger partial charge in [-0.1, -0.05) is 54.8 Å². The number of carbonyl (C=O) groups excluding carboxylic acids is 2. The molecule has 2 rings (SSSR count). The van der Waals surface area contributed by atoms with E-state index in [0.29, 0.717) is 32.7 Å². The van der Waals surface area contributed by atoms with Crippen LogP contribution in [0.1, 0.15) is 63.6 Å². The van der Waals surface area contributed by atoms with Gasteiger partial charge in [-0.15, -0.1) is 0 Å². The average molecular weight is 535 g/mol. The summed E-state index contributed by atoms with van der Waals surface area (Å²) in [5.41, 5.74) is 2.30. The van der Waals surface area contributed by atoms with Crippen LogP contribution in [-0.4, -0.2) is 59.5 Å². The number of hydrogen-bond donors (Lipinski definition) is 0. The van der Waals surface area contributed by atoms with Crippen LogP contribution in [0.3, 0.4) is 0 Å². The molecule has 0 spiro atoms. The molecule has 0 radical (unpaired) electrons. The molecule has 1 heterocycles. The first-order valence-electron chi connectivity index (χ1n) is 12.4. The first kappa shape index (κ1) is 28.1. The summed E-state index contributed by atoms with van der Waals surface area (Å²) in [6, 6.07) is 12.4. The van der Waals surface area contributed by atoms with E-state index in [1.165, 1.54) is 5.56 Å². The first-order valence-corrected chi connectivity index (χ1v) is 13.2. The van der Waals surface area contributed by atoms with Crippen molar-refractivity contribution >= 4 is 27.7 Å². The number of halogens is 1. The van der Waals surface area contributed by atoms with Gasteiger partial charge in [0, 0.05) is 56.1 Å². The van der Waals surface area contributed by atoms with E-state index < -0.39 is 0 Å². The van der Waals surface area contributed by atoms with E-state index >= 15 is 0 Å². The largest absolute Gasteiger partial charge is 0.385 e. The summed E-state index contributed by atoms with van der Waals surface area (Å²) in [4.78, 5) is 29.8. The summed E-state index contributed by atoms with van der Waals surface area (Å²) in [6.45, 7) is 7.44. The van der Waals surface area contributed by atoms with Gasteiger partial charge in [-0.3, -0.25) is 9.59 Å². The number of carbonyl (C=O) groups is 2. The van der Waals surface area contributed by atoms with Gasteiger partial charge in [0.2, 0.25) is 11.8 Å². The summed E-state index contributed by atoms with van der Waals surface area (Å²) in [5, 5.41) is 0. The van der Waals surface area contributed by atoms with Gasteiger partial charge in [-0.25, -0.2) is 0 Å². The highest BCUT2D eigenvalue weighted by Gasteiger charge is 2.21. The molecular formula is C27H40BrN3O3. The molecule has 0 N–H and O–H groups in total. The van der Waals surface area contributed by atoms with Crippen molar-refractivity contribution in [2.24, 2.45) is 0 Å². The number of amides is 2. The summed E-state index contributed by atoms with van der Waals surface area (Å²) < 4.78 is 8.41. The molecule has 0 fully saturated rings. The smallest absolute Gasteiger partial charge is 0.242 e. The molecule has 6 nitrogen and oxygen atoms in total. The lowest BCUT2D eigenvalue weighted by atomic mass is 10.2. The number of methoxy groups -OCH3 is 1. The highest BCUT2D eigenvalue weighted by Crippen LogP contribution is 2.15. The Kier molecular flexibility index (Phi) is 13.0. The third kappa shape index (κ3) is 9.63. The highest BCUT2D eigenvalue weighted by molar-refractivity contribution is 9.10. The lowest BCUT2D eigenvalue weighted by Crippen LogP contribution is -2.43. The molecule has 0 aliphatic heterocycles. The van der Waals surface area contributed by atoms with Crippen molar-refractivity contribution in [2.75, 3.05) is 33.4 Å². The third-order valence-electron chi connectivity index (χ3n) is 5.88. The van der Waals surface area contributed by atoms with Crippen molar-refractivity contribution in [3.63, 3.8) is 0 Å². The number of rotatable bonds is 16. The summed E-state index contributed by atoms with van der Waals surface area (Å²) in [6.07, 6.45) is 7.03. The minimum absolute atomic E-state index is 0.00658. The molecule has 0 saturated heterocycles. The van der Waals surface area contributed by atoms with Crippen molar-refractivity contribution < 1.29 is 14.3 Å². The maximum absolute atomic E-state index is 13.4. The predicted molar refractivity (Wildman–Crippen MR) is 141 cm³/mol. The molecule has 7 heteroatoms. The predicted octanol–water partition coefficient (Wildman–Crippen LogP) is 5.48. The van der Waals surface area contributed by atoms with Crippen LogP contribution in [0.2, 0.25) is 0 Å². The average Bonchev–Trinajstić information content (AvgIpc) is 3.27. The van der Waals surface area contributed by atoms with E-state index in [1.807, 2.05) is 23.1 Å². The van der Waals surface area contributed by atoms with Crippen LogP contribution in [0.4, 0.5) is 0 Å². The van der Waals surface area contributed by atoms with Crippen molar-refractivity contribution in [1.29, 1.82) is 0 Å². The van der Waals surface area contributed by atoms with E-state index in [2.05, 4.69) is 58.7 Å². The number of unbranched alkanes of at least 4 members (excludes halogenated alkanes) is 2. The SMILES string of the molecule is CCCCC(=O)N(CCCOC)CC(=O)N(CCCC)Cc1cccn1Cc1ccc(Br)cc1. The summed E-state index contributed by atoms with van der Waals surface area (Å²) in [7, 11) is 1.66. The normalized spacial score (nSPS) is 10.9. The zero-order chi connectivity index (χ0) is 24.8. The number of aromatic nitrogens is 1. The van der Waals surface area contributed by atoms with Gasteiger partial charge in [-0.2, -0.15) is 0 Å². The zero-order valence-corrected chi connectivity index (χ0v) is 22.6. The van der Waals surface area contributed by atoms with Crippen LogP contribution in [0.15, 0.2) is 47.1 Å². The fraction of sp³-hybridized carbons (Fsp3) is 0.556. The van der Waals surface area contributed by atoms with Crippen LogP contribution in [0, 0.1) is 0 Å². The second-order valence-corrected chi connectivity index (χ2v) is 9.60. The molecule has 0 bridgehead atoms. The Morgan fingerprint density at radius 1 is 0.941 bits per heavy atom. The number of nitrogens with zero attached hydrogens (tertiary/aromatic N) is 3. The molecule has 0 unspecified atom stereocenters. The quantitative estimate of drug-likeness (QED) is 0.268. The van der Waals surface area contributed by atoms with Crippen LogP contribution in [-0.2, 0) is 27.4 Å². The van der Waals surface area contributed by atoms with Crippen molar-refractivity contribution in [1.82, 2.24) is 14.4 Å². The fourth-order valence-corrected chi connectivity index (χ4v) is 4.08. The Morgan fingerprint density at radius 2 is 1.65 bits per heavy atom. The van der Waals surface area contributed by atoms with Gasteiger partial charge in [0.05, 0.1) is 13.1 Å². The molecule has 0 saturated carbocycles. The molecule has 188 valence electrons. The first-order chi connectivity index (χ1) is 16.5. The summed E-state index contributed by atoms with van der Waals surface area (Å²) >= 11 is 3.49. The molecule has 1 aromatic heterocycles. The maximum Gasteiger partial charge on any atom is 0.242 e. The van der Waals surface area contributed by atoms with E-state index in [1.54, 1.807) is 12.0 Å².